The minimum absolute atomic E-state index is 0.277. The van der Waals surface area contributed by atoms with Gasteiger partial charge in [-0.15, -0.1) is 5.10 Å². The van der Waals surface area contributed by atoms with Gasteiger partial charge in [-0.3, -0.25) is 0 Å². The number of aromatic nitrogens is 3. The molecule has 0 radical (unpaired) electrons. The number of carbonyl (C=O) groups is 1. The molecule has 0 aliphatic carbocycles. The Hall–Kier alpha value is -3.75. The third-order valence-electron chi connectivity index (χ3n) is 6.09. The van der Waals surface area contributed by atoms with Crippen molar-refractivity contribution in [1.82, 2.24) is 14.8 Å². The van der Waals surface area contributed by atoms with E-state index in [9.17, 15) is 4.79 Å². The van der Waals surface area contributed by atoms with Crippen LogP contribution in [-0.2, 0) is 21.9 Å². The fourth-order valence-corrected chi connectivity index (χ4v) is 5.19. The molecule has 0 saturated carbocycles. The highest BCUT2D eigenvalue weighted by atomic mass is 35.5. The van der Waals surface area contributed by atoms with E-state index in [0.29, 0.717) is 39.8 Å². The second kappa shape index (κ2) is 11.8. The van der Waals surface area contributed by atoms with Crippen molar-refractivity contribution in [1.29, 1.82) is 0 Å². The van der Waals surface area contributed by atoms with Gasteiger partial charge in [0, 0.05) is 22.0 Å². The van der Waals surface area contributed by atoms with Crippen molar-refractivity contribution < 1.29 is 14.3 Å². The Balaban J connectivity index is 1.41. The number of nitrogens with one attached hydrogen (secondary N) is 1. The van der Waals surface area contributed by atoms with Gasteiger partial charge in [0.25, 0.3) is 0 Å². The van der Waals surface area contributed by atoms with Crippen LogP contribution in [0.1, 0.15) is 36.6 Å². The molecule has 2 heterocycles. The maximum absolute atomic E-state index is 13.1. The summed E-state index contributed by atoms with van der Waals surface area (Å²) in [6.45, 7) is 4.28. The van der Waals surface area contributed by atoms with Crippen molar-refractivity contribution in [2.45, 2.75) is 37.4 Å². The maximum atomic E-state index is 13.1. The van der Waals surface area contributed by atoms with E-state index in [-0.39, 0.29) is 12.6 Å². The van der Waals surface area contributed by atoms with Gasteiger partial charge in [0.15, 0.2) is 0 Å². The first-order valence-corrected chi connectivity index (χ1v) is 13.6. The molecule has 5 rings (SSSR count). The first-order valence-electron chi connectivity index (χ1n) is 12.3. The number of hydrogen-bond acceptors (Lipinski definition) is 7. The first kappa shape index (κ1) is 25.9. The molecule has 9 heteroatoms. The van der Waals surface area contributed by atoms with Crippen molar-refractivity contribution >= 4 is 35.3 Å². The average molecular weight is 547 g/mol. The van der Waals surface area contributed by atoms with E-state index in [1.54, 1.807) is 23.4 Å². The third kappa shape index (κ3) is 5.71. The molecule has 0 spiro atoms. The van der Waals surface area contributed by atoms with Gasteiger partial charge in [-0.05, 0) is 43.2 Å². The Morgan fingerprint density at radius 1 is 1.05 bits per heavy atom. The summed E-state index contributed by atoms with van der Waals surface area (Å²) < 4.78 is 13.1. The van der Waals surface area contributed by atoms with Gasteiger partial charge < -0.3 is 14.8 Å². The van der Waals surface area contributed by atoms with Gasteiger partial charge in [0.2, 0.25) is 11.1 Å². The number of hydrogen-bond donors (Lipinski definition) is 1. The van der Waals surface area contributed by atoms with Gasteiger partial charge in [-0.2, -0.15) is 4.98 Å². The molecule has 194 valence electrons. The monoisotopic (exact) mass is 546 g/mol. The molecule has 1 aromatic heterocycles. The maximum Gasteiger partial charge on any atom is 0.338 e. The molecule has 0 fully saturated rings. The smallest absolute Gasteiger partial charge is 0.338 e. The summed E-state index contributed by atoms with van der Waals surface area (Å²) in [6.07, 6.45) is 0. The normalized spacial score (nSPS) is 14.6. The van der Waals surface area contributed by atoms with Crippen LogP contribution < -0.4 is 10.1 Å². The lowest BCUT2D eigenvalue weighted by Gasteiger charge is -2.28. The number of fused-ring (bicyclic) bond motifs is 1. The van der Waals surface area contributed by atoms with Crippen LogP contribution in [-0.4, -0.2) is 27.3 Å². The zero-order valence-corrected chi connectivity index (χ0v) is 22.6. The zero-order chi connectivity index (χ0) is 26.5. The topological polar surface area (TPSA) is 78.3 Å². The Morgan fingerprint density at radius 2 is 1.79 bits per heavy atom. The van der Waals surface area contributed by atoms with Gasteiger partial charge in [-0.25, -0.2) is 9.48 Å². The number of nitrogens with zero attached hydrogens (tertiary/aromatic N) is 3. The second-order valence-corrected chi connectivity index (χ2v) is 10.0. The Bertz CT molecular complexity index is 1450. The molecule has 1 aliphatic heterocycles. The number of halogens is 1. The Morgan fingerprint density at radius 3 is 2.53 bits per heavy atom. The van der Waals surface area contributed by atoms with E-state index in [0.717, 1.165) is 16.9 Å². The van der Waals surface area contributed by atoms with E-state index < -0.39 is 6.04 Å². The van der Waals surface area contributed by atoms with Crippen LogP contribution in [0.4, 0.5) is 5.95 Å². The number of rotatable bonds is 9. The minimum Gasteiger partial charge on any atom is -0.489 e. The SMILES string of the molecule is CCOC(=O)C1=C(C)Nc2nc(SCc3ccccc3)nn2C1c1ccc(OCc2ccccc2Cl)cc1. The van der Waals surface area contributed by atoms with E-state index in [1.807, 2.05) is 73.7 Å². The number of thioether (sulfide) groups is 1. The molecular weight excluding hydrogens is 520 g/mol. The summed E-state index contributed by atoms with van der Waals surface area (Å²) in [7, 11) is 0. The van der Waals surface area contributed by atoms with E-state index in [2.05, 4.69) is 17.4 Å². The lowest BCUT2D eigenvalue weighted by atomic mass is 9.96. The Labute approximate surface area is 230 Å². The third-order valence-corrected chi connectivity index (χ3v) is 7.36. The van der Waals surface area contributed by atoms with Crippen LogP contribution in [0.3, 0.4) is 0 Å². The van der Waals surface area contributed by atoms with Crippen LogP contribution in [0, 0.1) is 0 Å². The van der Waals surface area contributed by atoms with Crippen molar-refractivity contribution in [2.75, 3.05) is 11.9 Å². The standard InChI is InChI=1S/C29H27ClN4O3S/c1-3-36-27(35)25-19(2)31-28-32-29(38-18-20-9-5-4-6-10-20)33-34(28)26(25)21-13-15-23(16-14-21)37-17-22-11-7-8-12-24(22)30/h4-16,26H,3,17-18H2,1-2H3,(H,31,32,33). The first-order chi connectivity index (χ1) is 18.5. The Kier molecular flexibility index (Phi) is 8.00. The summed E-state index contributed by atoms with van der Waals surface area (Å²) in [4.78, 5) is 17.8. The predicted octanol–water partition coefficient (Wildman–Crippen LogP) is 6.65. The van der Waals surface area contributed by atoms with Crippen molar-refractivity contribution in [3.63, 3.8) is 0 Å². The molecule has 1 N–H and O–H groups in total. The zero-order valence-electron chi connectivity index (χ0n) is 21.1. The molecule has 1 unspecified atom stereocenters. The molecule has 0 bridgehead atoms. The van der Waals surface area contributed by atoms with Crippen molar-refractivity contribution in [2.24, 2.45) is 0 Å². The summed E-state index contributed by atoms with van der Waals surface area (Å²) in [6, 6.07) is 24.9. The van der Waals surface area contributed by atoms with Gasteiger partial charge in [-0.1, -0.05) is 84.0 Å². The fraction of sp³-hybridized carbons (Fsp3) is 0.207. The molecule has 7 nitrogen and oxygen atoms in total. The molecule has 1 atom stereocenters. The molecule has 0 saturated heterocycles. The summed E-state index contributed by atoms with van der Waals surface area (Å²) in [5, 5.41) is 9.31. The van der Waals surface area contributed by atoms with Crippen LogP contribution in [0.25, 0.3) is 0 Å². The molecular formula is C29H27ClN4O3S. The van der Waals surface area contributed by atoms with Gasteiger partial charge in [0.05, 0.1) is 12.2 Å². The van der Waals surface area contributed by atoms with E-state index in [1.165, 1.54) is 5.56 Å². The lowest BCUT2D eigenvalue weighted by Crippen LogP contribution is -2.29. The largest absolute Gasteiger partial charge is 0.489 e. The second-order valence-electron chi connectivity index (χ2n) is 8.67. The number of allylic oxidation sites excluding steroid dienone is 1. The summed E-state index contributed by atoms with van der Waals surface area (Å²) in [5.74, 6) is 1.62. The fourth-order valence-electron chi connectivity index (χ4n) is 4.22. The van der Waals surface area contributed by atoms with Crippen LogP contribution in [0.5, 0.6) is 5.75 Å². The number of ether oxygens (including phenoxy) is 2. The average Bonchev–Trinajstić information content (AvgIpc) is 3.34. The molecule has 38 heavy (non-hydrogen) atoms. The van der Waals surface area contributed by atoms with Gasteiger partial charge >= 0.3 is 5.97 Å². The quantitative estimate of drug-likeness (QED) is 0.186. The van der Waals surface area contributed by atoms with Crippen LogP contribution in [0.15, 0.2) is 95.3 Å². The highest BCUT2D eigenvalue weighted by Crippen LogP contribution is 2.37. The molecule has 3 aromatic carbocycles. The van der Waals surface area contributed by atoms with Gasteiger partial charge in [0.1, 0.15) is 18.4 Å². The van der Waals surface area contributed by atoms with Crippen LogP contribution in [0.2, 0.25) is 5.02 Å². The number of benzene rings is 3. The van der Waals surface area contributed by atoms with Crippen LogP contribution >= 0.6 is 23.4 Å². The molecule has 4 aromatic rings. The van der Waals surface area contributed by atoms with E-state index in [4.69, 9.17) is 31.2 Å². The van der Waals surface area contributed by atoms with Crippen molar-refractivity contribution in [3.05, 3.63) is 112 Å². The highest BCUT2D eigenvalue weighted by Gasteiger charge is 2.35. The molecule has 0 amide bonds. The predicted molar refractivity (Wildman–Crippen MR) is 149 cm³/mol. The summed E-state index contributed by atoms with van der Waals surface area (Å²) in [5.41, 5.74) is 4.14. The van der Waals surface area contributed by atoms with E-state index >= 15 is 0 Å². The number of anilines is 1. The number of esters is 1. The lowest BCUT2D eigenvalue weighted by molar-refractivity contribution is -0.139. The summed E-state index contributed by atoms with van der Waals surface area (Å²) >= 11 is 7.80. The van der Waals surface area contributed by atoms with Crippen molar-refractivity contribution in [3.8, 4) is 5.75 Å². The number of carbonyl (C=O) groups excluding carboxylic acids is 1. The highest BCUT2D eigenvalue weighted by molar-refractivity contribution is 7.98. The molecule has 1 aliphatic rings. The minimum atomic E-state index is -0.499.